The van der Waals surface area contributed by atoms with Crippen LogP contribution in [0.15, 0.2) is 73.1 Å². The Kier molecular flexibility index (Phi) is 14.8. The zero-order valence-electron chi connectivity index (χ0n) is 23.9. The highest BCUT2D eigenvalue weighted by atomic mass is 127. The van der Waals surface area contributed by atoms with Crippen molar-refractivity contribution in [2.24, 2.45) is 0 Å². The number of nitrogens with zero attached hydrogens (tertiary/aromatic N) is 2. The summed E-state index contributed by atoms with van der Waals surface area (Å²) in [5.41, 5.74) is 5.26. The Morgan fingerprint density at radius 1 is 0.425 bits per heavy atom. The quantitative estimate of drug-likeness (QED) is 0.212. The molecule has 4 aromatic rings. The highest BCUT2D eigenvalue weighted by molar-refractivity contribution is 5.89. The molecule has 0 spiro atoms. The molecule has 0 fully saturated rings. The maximum Gasteiger partial charge on any atom is 0.214 e. The first-order chi connectivity index (χ1) is 18.9. The summed E-state index contributed by atoms with van der Waals surface area (Å²) < 4.78 is 4.90. The Hall–Kier alpha value is -1.68. The van der Waals surface area contributed by atoms with Crippen molar-refractivity contribution in [3.63, 3.8) is 0 Å². The van der Waals surface area contributed by atoms with Crippen LogP contribution in [0, 0.1) is 0 Å². The van der Waals surface area contributed by atoms with Crippen molar-refractivity contribution in [2.45, 2.75) is 90.1 Å². The van der Waals surface area contributed by atoms with Gasteiger partial charge >= 0.3 is 0 Å². The van der Waals surface area contributed by atoms with Crippen LogP contribution in [0.2, 0.25) is 0 Å². The van der Waals surface area contributed by atoms with Crippen molar-refractivity contribution in [3.8, 4) is 0 Å². The van der Waals surface area contributed by atoms with Gasteiger partial charge in [-0.05, 0) is 37.8 Å². The van der Waals surface area contributed by atoms with Gasteiger partial charge in [0.15, 0.2) is 12.4 Å². The minimum absolute atomic E-state index is 0. The van der Waals surface area contributed by atoms with Gasteiger partial charge in [0.1, 0.15) is 13.1 Å². The molecule has 4 nitrogen and oxygen atoms in total. The number of aryl methyl sites for hydroxylation is 2. The number of rotatable bonds is 0. The summed E-state index contributed by atoms with van der Waals surface area (Å²) in [7, 11) is 0. The maximum absolute atomic E-state index is 3.73. The molecule has 6 rings (SSSR count). The van der Waals surface area contributed by atoms with Crippen LogP contribution in [0.25, 0.3) is 21.8 Å². The van der Waals surface area contributed by atoms with Crippen molar-refractivity contribution in [2.75, 3.05) is 23.7 Å². The molecule has 4 bridgehead atoms. The Balaban J connectivity index is 0.00000220. The first kappa shape index (κ1) is 32.8. The second kappa shape index (κ2) is 18.0. The number of pyridine rings is 2. The summed E-state index contributed by atoms with van der Waals surface area (Å²) >= 11 is 0. The van der Waals surface area contributed by atoms with E-state index in [0.717, 1.165) is 26.2 Å². The van der Waals surface area contributed by atoms with E-state index in [0.29, 0.717) is 0 Å². The van der Waals surface area contributed by atoms with Gasteiger partial charge in [-0.1, -0.05) is 62.8 Å². The van der Waals surface area contributed by atoms with E-state index in [2.05, 4.69) is 92.8 Å². The lowest BCUT2D eigenvalue weighted by Gasteiger charge is -2.11. The third-order valence-electron chi connectivity index (χ3n) is 8.13. The SMILES string of the molecule is [I-].[I-].c1ccc2c(c1)c1cc[n+]2CCCCCCCC[n+]2ccc(c3ccccc32)NCCCCCCCCN1. The van der Waals surface area contributed by atoms with E-state index < -0.39 is 0 Å². The van der Waals surface area contributed by atoms with Crippen LogP contribution < -0.4 is 67.7 Å². The van der Waals surface area contributed by atoms with Crippen LogP contribution >= 0.6 is 0 Å². The fourth-order valence-electron chi connectivity index (χ4n) is 5.95. The summed E-state index contributed by atoms with van der Waals surface area (Å²) in [6.07, 6.45) is 20.0. The van der Waals surface area contributed by atoms with Crippen LogP contribution in [0.5, 0.6) is 0 Å². The van der Waals surface area contributed by atoms with Gasteiger partial charge in [-0.2, -0.15) is 9.13 Å². The fourth-order valence-corrected chi connectivity index (χ4v) is 5.95. The van der Waals surface area contributed by atoms with Crippen LogP contribution in [0.4, 0.5) is 11.4 Å². The smallest absolute Gasteiger partial charge is 0.214 e. The van der Waals surface area contributed by atoms with Gasteiger partial charge in [-0.3, -0.25) is 0 Å². The van der Waals surface area contributed by atoms with Crippen LogP contribution in [0.1, 0.15) is 77.0 Å². The fraction of sp³-hybridized carbons (Fsp3) is 0.471. The normalized spacial score (nSPS) is 16.4. The van der Waals surface area contributed by atoms with Crippen molar-refractivity contribution >= 4 is 33.2 Å². The second-order valence-corrected chi connectivity index (χ2v) is 11.0. The number of hydrogen-bond acceptors (Lipinski definition) is 2. The topological polar surface area (TPSA) is 31.8 Å². The van der Waals surface area contributed by atoms with Gasteiger partial charge in [-0.25, -0.2) is 0 Å². The third kappa shape index (κ3) is 9.16. The minimum Gasteiger partial charge on any atom is -1.00 e. The van der Waals surface area contributed by atoms with E-state index in [9.17, 15) is 0 Å². The third-order valence-corrected chi connectivity index (χ3v) is 8.13. The first-order valence-electron chi connectivity index (χ1n) is 15.2. The molecular weight excluding hydrogens is 718 g/mol. The van der Waals surface area contributed by atoms with Crippen molar-refractivity contribution in [1.29, 1.82) is 0 Å². The molecule has 0 radical (unpaired) electrons. The number of para-hydroxylation sites is 2. The van der Waals surface area contributed by atoms with E-state index in [1.807, 2.05) is 0 Å². The zero-order valence-corrected chi connectivity index (χ0v) is 28.2. The first-order valence-corrected chi connectivity index (χ1v) is 15.2. The van der Waals surface area contributed by atoms with E-state index in [4.69, 9.17) is 0 Å². The molecule has 40 heavy (non-hydrogen) atoms. The summed E-state index contributed by atoms with van der Waals surface area (Å²) in [4.78, 5) is 0. The summed E-state index contributed by atoms with van der Waals surface area (Å²) in [6.45, 7) is 4.30. The molecule has 0 amide bonds. The predicted molar refractivity (Wildman–Crippen MR) is 161 cm³/mol. The highest BCUT2D eigenvalue weighted by Crippen LogP contribution is 2.22. The lowest BCUT2D eigenvalue weighted by Crippen LogP contribution is -3.00. The molecule has 216 valence electrons. The van der Waals surface area contributed by atoms with Gasteiger partial charge in [-0.15, -0.1) is 0 Å². The predicted octanol–water partition coefficient (Wildman–Crippen LogP) is 1.79. The van der Waals surface area contributed by atoms with Crippen molar-refractivity contribution in [1.82, 2.24) is 0 Å². The van der Waals surface area contributed by atoms with Crippen LogP contribution in [-0.2, 0) is 13.1 Å². The van der Waals surface area contributed by atoms with E-state index in [-0.39, 0.29) is 48.0 Å². The molecule has 6 heteroatoms. The molecule has 0 saturated carbocycles. The lowest BCUT2D eigenvalue weighted by atomic mass is 10.1. The van der Waals surface area contributed by atoms with Crippen molar-refractivity contribution in [3.05, 3.63) is 73.1 Å². The Bertz CT molecular complexity index is 1210. The number of benzene rings is 2. The summed E-state index contributed by atoms with van der Waals surface area (Å²) in [6, 6.07) is 22.3. The van der Waals surface area contributed by atoms with E-state index >= 15 is 0 Å². The van der Waals surface area contributed by atoms with Gasteiger partial charge < -0.3 is 58.6 Å². The summed E-state index contributed by atoms with van der Waals surface area (Å²) in [5.74, 6) is 0. The Morgan fingerprint density at radius 3 is 1.25 bits per heavy atom. The highest BCUT2D eigenvalue weighted by Gasteiger charge is 2.13. The Morgan fingerprint density at radius 2 is 0.800 bits per heavy atom. The Labute approximate surface area is 275 Å². The van der Waals surface area contributed by atoms with E-state index in [1.54, 1.807) is 0 Å². The van der Waals surface area contributed by atoms with Crippen LogP contribution in [-0.4, -0.2) is 13.1 Å². The van der Waals surface area contributed by atoms with Gasteiger partial charge in [0.25, 0.3) is 0 Å². The van der Waals surface area contributed by atoms with E-state index in [1.165, 1.54) is 110 Å². The molecular formula is C34H46I2N4. The van der Waals surface area contributed by atoms with Crippen molar-refractivity contribution < 1.29 is 57.1 Å². The molecule has 4 heterocycles. The molecule has 0 saturated heterocycles. The molecule has 2 aliphatic heterocycles. The standard InChI is InChI=1S/C34H44N4.2HI/c1-2-6-14-24-36-32-22-28-38(34-20-12-10-18-30(32)34)26-16-8-4-3-7-15-25-37-27-21-31(35-23-13-5-1)29-17-9-11-19-33(29)37;;/h9-12,17-22,27-28H,1-8,13-16,23-26H2;2*1H. The minimum atomic E-state index is 0. The number of fused-ring (bicyclic) bond motifs is 18. The van der Waals surface area contributed by atoms with Gasteiger partial charge in [0.2, 0.25) is 11.0 Å². The van der Waals surface area contributed by atoms with Crippen LogP contribution in [0.3, 0.4) is 0 Å². The summed E-state index contributed by atoms with van der Waals surface area (Å²) in [5, 5.41) is 10.2. The monoisotopic (exact) mass is 764 g/mol. The number of halogens is 2. The number of anilines is 2. The largest absolute Gasteiger partial charge is 1.00 e. The molecule has 2 N–H and O–H groups in total. The average Bonchev–Trinajstić information content (AvgIpc) is 2.96. The average molecular weight is 765 g/mol. The maximum atomic E-state index is 3.73. The lowest BCUT2D eigenvalue weighted by molar-refractivity contribution is -0.672. The number of aromatic nitrogens is 2. The zero-order chi connectivity index (χ0) is 25.8. The molecule has 0 atom stereocenters. The van der Waals surface area contributed by atoms with Gasteiger partial charge in [0.05, 0.1) is 22.1 Å². The molecule has 2 aromatic heterocycles. The molecule has 2 aliphatic rings. The molecule has 0 aliphatic carbocycles. The molecule has 0 unspecified atom stereocenters. The molecule has 2 aromatic carbocycles. The number of nitrogens with one attached hydrogen (secondary N) is 2. The number of hydrogen-bond donors (Lipinski definition) is 2. The second-order valence-electron chi connectivity index (χ2n) is 11.0. The van der Waals surface area contributed by atoms with Gasteiger partial charge in [0, 0.05) is 50.2 Å².